The number of hydrogen-bond donors (Lipinski definition) is 1. The molecule has 2 rings (SSSR count). The van der Waals surface area contributed by atoms with Gasteiger partial charge in [-0.15, -0.1) is 0 Å². The van der Waals surface area contributed by atoms with E-state index in [1.165, 1.54) is 0 Å². The van der Waals surface area contributed by atoms with Gasteiger partial charge < -0.3 is 9.84 Å². The lowest BCUT2D eigenvalue weighted by molar-refractivity contribution is 0.104. The first-order chi connectivity index (χ1) is 6.40. The van der Waals surface area contributed by atoms with Crippen LogP contribution in [0, 0.1) is 0 Å². The standard InChI is InChI=1S/C9H12N2O2/c12-6-7-3-4-10-9(11-7)8-2-1-5-13-8/h3-4,8,12H,1-2,5-6H2/t8-/m0/s1. The van der Waals surface area contributed by atoms with Crippen molar-refractivity contribution in [3.8, 4) is 0 Å². The number of ether oxygens (including phenoxy) is 1. The summed E-state index contributed by atoms with van der Waals surface area (Å²) in [6, 6.07) is 1.71. The molecule has 1 aromatic rings. The first-order valence-electron chi connectivity index (χ1n) is 4.44. The Morgan fingerprint density at radius 1 is 1.62 bits per heavy atom. The summed E-state index contributed by atoms with van der Waals surface area (Å²) < 4.78 is 5.43. The predicted molar refractivity (Wildman–Crippen MR) is 45.9 cm³/mol. The molecule has 1 atom stereocenters. The van der Waals surface area contributed by atoms with Crippen molar-refractivity contribution in [1.82, 2.24) is 9.97 Å². The second-order valence-electron chi connectivity index (χ2n) is 3.07. The summed E-state index contributed by atoms with van der Waals surface area (Å²) in [6.45, 7) is 0.750. The molecule has 1 saturated heterocycles. The fraction of sp³-hybridized carbons (Fsp3) is 0.556. The number of aliphatic hydroxyl groups excluding tert-OH is 1. The van der Waals surface area contributed by atoms with Crippen LogP contribution in [0.1, 0.15) is 30.5 Å². The van der Waals surface area contributed by atoms with Gasteiger partial charge in [0.1, 0.15) is 6.10 Å². The highest BCUT2D eigenvalue weighted by atomic mass is 16.5. The zero-order valence-corrected chi connectivity index (χ0v) is 7.31. The summed E-state index contributed by atoms with van der Waals surface area (Å²) in [6.07, 6.45) is 3.74. The molecule has 1 N–H and O–H groups in total. The van der Waals surface area contributed by atoms with Gasteiger partial charge in [-0.2, -0.15) is 0 Å². The molecule has 1 aliphatic heterocycles. The largest absolute Gasteiger partial charge is 0.390 e. The number of aromatic nitrogens is 2. The number of hydrogen-bond acceptors (Lipinski definition) is 4. The van der Waals surface area contributed by atoms with E-state index in [0.29, 0.717) is 11.5 Å². The van der Waals surface area contributed by atoms with E-state index >= 15 is 0 Å². The molecular formula is C9H12N2O2. The van der Waals surface area contributed by atoms with Crippen LogP contribution in [-0.2, 0) is 11.3 Å². The minimum atomic E-state index is -0.0394. The molecule has 0 radical (unpaired) electrons. The van der Waals surface area contributed by atoms with Gasteiger partial charge in [-0.3, -0.25) is 0 Å². The van der Waals surface area contributed by atoms with E-state index in [-0.39, 0.29) is 12.7 Å². The highest BCUT2D eigenvalue weighted by molar-refractivity contribution is 5.03. The van der Waals surface area contributed by atoms with Crippen molar-refractivity contribution < 1.29 is 9.84 Å². The van der Waals surface area contributed by atoms with Crippen molar-refractivity contribution in [2.75, 3.05) is 6.61 Å². The molecule has 0 aliphatic carbocycles. The van der Waals surface area contributed by atoms with Crippen LogP contribution >= 0.6 is 0 Å². The Labute approximate surface area is 76.6 Å². The van der Waals surface area contributed by atoms with Crippen molar-refractivity contribution in [3.05, 3.63) is 23.8 Å². The first-order valence-corrected chi connectivity index (χ1v) is 4.44. The van der Waals surface area contributed by atoms with Gasteiger partial charge >= 0.3 is 0 Å². The predicted octanol–water partition coefficient (Wildman–Crippen LogP) is 0.820. The third-order valence-electron chi connectivity index (χ3n) is 2.11. The Hall–Kier alpha value is -1.00. The topological polar surface area (TPSA) is 55.2 Å². The van der Waals surface area contributed by atoms with Crippen LogP contribution in [0.5, 0.6) is 0 Å². The minimum Gasteiger partial charge on any atom is -0.390 e. The molecule has 0 aromatic carbocycles. The van der Waals surface area contributed by atoms with E-state index < -0.39 is 0 Å². The zero-order chi connectivity index (χ0) is 9.10. The first kappa shape index (κ1) is 8.59. The summed E-state index contributed by atoms with van der Waals surface area (Å²) in [4.78, 5) is 8.31. The van der Waals surface area contributed by atoms with E-state index in [2.05, 4.69) is 9.97 Å². The highest BCUT2D eigenvalue weighted by Crippen LogP contribution is 2.25. The zero-order valence-electron chi connectivity index (χ0n) is 7.31. The van der Waals surface area contributed by atoms with Crippen molar-refractivity contribution in [1.29, 1.82) is 0 Å². The SMILES string of the molecule is OCc1ccnc([C@@H]2CCCO2)n1. The van der Waals surface area contributed by atoms with E-state index in [4.69, 9.17) is 9.84 Å². The number of aliphatic hydroxyl groups is 1. The van der Waals surface area contributed by atoms with Crippen LogP contribution in [-0.4, -0.2) is 21.7 Å². The Balaban J connectivity index is 2.18. The van der Waals surface area contributed by atoms with Crippen LogP contribution in [0.4, 0.5) is 0 Å². The van der Waals surface area contributed by atoms with E-state index in [9.17, 15) is 0 Å². The molecule has 0 bridgehead atoms. The van der Waals surface area contributed by atoms with Crippen LogP contribution < -0.4 is 0 Å². The van der Waals surface area contributed by atoms with Gasteiger partial charge in [0.05, 0.1) is 12.3 Å². The fourth-order valence-electron chi connectivity index (χ4n) is 1.44. The van der Waals surface area contributed by atoms with Crippen LogP contribution in [0.15, 0.2) is 12.3 Å². The van der Waals surface area contributed by atoms with E-state index in [1.807, 2.05) is 0 Å². The fourth-order valence-corrected chi connectivity index (χ4v) is 1.44. The van der Waals surface area contributed by atoms with Gasteiger partial charge in [-0.05, 0) is 18.9 Å². The monoisotopic (exact) mass is 180 g/mol. The van der Waals surface area contributed by atoms with Gasteiger partial charge in [0.2, 0.25) is 0 Å². The summed E-state index contributed by atoms with van der Waals surface area (Å²) >= 11 is 0. The van der Waals surface area contributed by atoms with Crippen LogP contribution in [0.3, 0.4) is 0 Å². The normalized spacial score (nSPS) is 22.1. The summed E-state index contributed by atoms with van der Waals surface area (Å²) in [5, 5.41) is 8.87. The van der Waals surface area contributed by atoms with E-state index in [0.717, 1.165) is 19.4 Å². The summed E-state index contributed by atoms with van der Waals surface area (Å²) in [7, 11) is 0. The second-order valence-corrected chi connectivity index (χ2v) is 3.07. The molecule has 0 amide bonds. The maximum absolute atomic E-state index is 8.87. The molecule has 1 aliphatic rings. The second kappa shape index (κ2) is 3.81. The maximum atomic E-state index is 8.87. The number of nitrogens with zero attached hydrogens (tertiary/aromatic N) is 2. The molecule has 70 valence electrons. The molecule has 0 saturated carbocycles. The molecule has 0 unspecified atom stereocenters. The molecule has 1 fully saturated rings. The van der Waals surface area contributed by atoms with E-state index in [1.54, 1.807) is 12.3 Å². The Kier molecular flexibility index (Phi) is 2.52. The molecule has 13 heavy (non-hydrogen) atoms. The van der Waals surface area contributed by atoms with Crippen molar-refractivity contribution in [3.63, 3.8) is 0 Å². The Morgan fingerprint density at radius 3 is 3.23 bits per heavy atom. The lowest BCUT2D eigenvalue weighted by atomic mass is 10.2. The third-order valence-corrected chi connectivity index (χ3v) is 2.11. The molecule has 4 nitrogen and oxygen atoms in total. The smallest absolute Gasteiger partial charge is 0.157 e. The Bertz CT molecular complexity index is 285. The third kappa shape index (κ3) is 1.84. The molecular weight excluding hydrogens is 168 g/mol. The summed E-state index contributed by atoms with van der Waals surface area (Å²) in [5.74, 6) is 0.698. The quantitative estimate of drug-likeness (QED) is 0.732. The van der Waals surface area contributed by atoms with Crippen LogP contribution in [0.2, 0.25) is 0 Å². The lowest BCUT2D eigenvalue weighted by Gasteiger charge is -2.07. The van der Waals surface area contributed by atoms with Crippen LogP contribution in [0.25, 0.3) is 0 Å². The van der Waals surface area contributed by atoms with Crippen molar-refractivity contribution in [2.24, 2.45) is 0 Å². The maximum Gasteiger partial charge on any atom is 0.157 e. The van der Waals surface area contributed by atoms with Gasteiger partial charge in [-0.1, -0.05) is 0 Å². The van der Waals surface area contributed by atoms with Gasteiger partial charge in [0, 0.05) is 12.8 Å². The van der Waals surface area contributed by atoms with Gasteiger partial charge in [-0.25, -0.2) is 9.97 Å². The summed E-state index contributed by atoms with van der Waals surface area (Å²) in [5.41, 5.74) is 0.653. The molecule has 4 heteroatoms. The Morgan fingerprint density at radius 2 is 2.54 bits per heavy atom. The average Bonchev–Trinajstić information content (AvgIpc) is 2.71. The van der Waals surface area contributed by atoms with Gasteiger partial charge in [0.15, 0.2) is 5.82 Å². The van der Waals surface area contributed by atoms with Crippen molar-refractivity contribution in [2.45, 2.75) is 25.6 Å². The number of rotatable bonds is 2. The van der Waals surface area contributed by atoms with Gasteiger partial charge in [0.25, 0.3) is 0 Å². The van der Waals surface area contributed by atoms with Crippen molar-refractivity contribution >= 4 is 0 Å². The minimum absolute atomic E-state index is 0.0338. The average molecular weight is 180 g/mol. The lowest BCUT2D eigenvalue weighted by Crippen LogP contribution is -2.04. The highest BCUT2D eigenvalue weighted by Gasteiger charge is 2.20. The molecule has 1 aromatic heterocycles. The molecule has 2 heterocycles. The molecule has 0 spiro atoms.